The molecule has 0 unspecified atom stereocenters. The molecular formula is C15H18N2O2S. The van der Waals surface area contributed by atoms with Crippen molar-refractivity contribution in [2.75, 3.05) is 12.3 Å². The molecule has 0 fully saturated rings. The molecule has 0 radical (unpaired) electrons. The van der Waals surface area contributed by atoms with E-state index in [1.807, 2.05) is 6.20 Å². The largest absolute Gasteiger partial charge is 0.462 e. The smallest absolute Gasteiger partial charge is 0.350 e. The Kier molecular flexibility index (Phi) is 3.38. The van der Waals surface area contributed by atoms with Crippen LogP contribution in [-0.2, 0) is 17.6 Å². The monoisotopic (exact) mass is 290 g/mol. The second kappa shape index (κ2) is 5.05. The fourth-order valence-electron chi connectivity index (χ4n) is 2.87. The van der Waals surface area contributed by atoms with E-state index in [0.29, 0.717) is 23.1 Å². The molecule has 2 aromatic heterocycles. The van der Waals surface area contributed by atoms with Crippen LogP contribution in [-0.4, -0.2) is 17.6 Å². The zero-order valence-corrected chi connectivity index (χ0v) is 12.5. The number of aryl methyl sites for hydroxylation is 1. The third kappa shape index (κ3) is 2.06. The van der Waals surface area contributed by atoms with Crippen LogP contribution >= 0.6 is 11.3 Å². The lowest BCUT2D eigenvalue weighted by Gasteiger charge is -2.21. The van der Waals surface area contributed by atoms with Crippen LogP contribution in [0, 0.1) is 5.92 Å². The fraction of sp³-hybridized carbons (Fsp3) is 0.467. The maximum atomic E-state index is 11.9. The maximum Gasteiger partial charge on any atom is 0.350 e. The number of thiophene rings is 1. The first kappa shape index (κ1) is 13.4. The minimum Gasteiger partial charge on any atom is -0.462 e. The van der Waals surface area contributed by atoms with Gasteiger partial charge in [-0.1, -0.05) is 6.92 Å². The van der Waals surface area contributed by atoms with Gasteiger partial charge >= 0.3 is 5.97 Å². The molecule has 0 spiro atoms. The normalized spacial score (nSPS) is 18.0. The van der Waals surface area contributed by atoms with Crippen molar-refractivity contribution in [2.45, 2.75) is 33.1 Å². The van der Waals surface area contributed by atoms with Gasteiger partial charge in [-0.25, -0.2) is 9.78 Å². The average molecular weight is 290 g/mol. The van der Waals surface area contributed by atoms with Crippen LogP contribution in [0.3, 0.4) is 0 Å². The van der Waals surface area contributed by atoms with Gasteiger partial charge in [0.25, 0.3) is 0 Å². The standard InChI is InChI=1S/C15H18N2O2S/c1-3-19-15(18)13-12(16)11-10-5-4-8(2)6-9(10)7-17-14(11)20-13/h7-8H,3-6,16H2,1-2H3/t8-/m0/s1. The summed E-state index contributed by atoms with van der Waals surface area (Å²) in [6.45, 7) is 4.41. The maximum absolute atomic E-state index is 11.9. The van der Waals surface area contributed by atoms with Gasteiger partial charge in [-0.05, 0) is 43.2 Å². The number of anilines is 1. The number of nitrogen functional groups attached to an aromatic ring is 1. The van der Waals surface area contributed by atoms with Gasteiger partial charge in [0, 0.05) is 11.6 Å². The van der Waals surface area contributed by atoms with Gasteiger partial charge in [0.15, 0.2) is 0 Å². The molecule has 2 aromatic rings. The van der Waals surface area contributed by atoms with Crippen LogP contribution in [0.1, 0.15) is 41.1 Å². The molecule has 0 saturated carbocycles. The molecular weight excluding hydrogens is 272 g/mol. The summed E-state index contributed by atoms with van der Waals surface area (Å²) in [5.41, 5.74) is 9.29. The fourth-order valence-corrected chi connectivity index (χ4v) is 3.86. The van der Waals surface area contributed by atoms with Crippen LogP contribution in [0.25, 0.3) is 10.2 Å². The molecule has 1 aliphatic rings. The van der Waals surface area contributed by atoms with Crippen molar-refractivity contribution in [1.82, 2.24) is 4.98 Å². The van der Waals surface area contributed by atoms with Gasteiger partial charge < -0.3 is 10.5 Å². The van der Waals surface area contributed by atoms with Crippen molar-refractivity contribution in [3.05, 3.63) is 22.2 Å². The number of fused-ring (bicyclic) bond motifs is 3. The van der Waals surface area contributed by atoms with Crippen LogP contribution in [0.5, 0.6) is 0 Å². The summed E-state index contributed by atoms with van der Waals surface area (Å²) in [5, 5.41) is 0.974. The Hall–Kier alpha value is -1.62. The third-order valence-electron chi connectivity index (χ3n) is 3.87. The molecule has 0 bridgehead atoms. The molecule has 4 nitrogen and oxygen atoms in total. The first-order chi connectivity index (χ1) is 9.61. The van der Waals surface area contributed by atoms with Gasteiger partial charge in [-0.15, -0.1) is 11.3 Å². The molecule has 5 heteroatoms. The number of nitrogens with zero attached hydrogens (tertiary/aromatic N) is 1. The molecule has 106 valence electrons. The van der Waals surface area contributed by atoms with Crippen molar-refractivity contribution in [3.63, 3.8) is 0 Å². The highest BCUT2D eigenvalue weighted by molar-refractivity contribution is 7.21. The van der Waals surface area contributed by atoms with E-state index in [2.05, 4.69) is 11.9 Å². The first-order valence-corrected chi connectivity index (χ1v) is 7.79. The number of nitrogens with two attached hydrogens (primary N) is 1. The van der Waals surface area contributed by atoms with Crippen molar-refractivity contribution < 1.29 is 9.53 Å². The molecule has 1 aliphatic carbocycles. The summed E-state index contributed by atoms with van der Waals surface area (Å²) >= 11 is 1.33. The molecule has 3 rings (SSSR count). The second-order valence-corrected chi connectivity index (χ2v) is 6.35. The lowest BCUT2D eigenvalue weighted by Crippen LogP contribution is -2.12. The first-order valence-electron chi connectivity index (χ1n) is 6.97. The Morgan fingerprint density at radius 1 is 1.60 bits per heavy atom. The third-order valence-corrected chi connectivity index (χ3v) is 4.96. The summed E-state index contributed by atoms with van der Waals surface area (Å²) < 4.78 is 5.06. The zero-order valence-electron chi connectivity index (χ0n) is 11.7. The Morgan fingerprint density at radius 3 is 3.15 bits per heavy atom. The Bertz CT molecular complexity index is 678. The van der Waals surface area contributed by atoms with E-state index in [0.717, 1.165) is 29.5 Å². The molecule has 2 heterocycles. The van der Waals surface area contributed by atoms with Crippen LogP contribution in [0.4, 0.5) is 5.69 Å². The van der Waals surface area contributed by atoms with Crippen molar-refractivity contribution >= 4 is 33.2 Å². The lowest BCUT2D eigenvalue weighted by atomic mass is 9.84. The topological polar surface area (TPSA) is 65.2 Å². The number of hydrogen-bond donors (Lipinski definition) is 1. The predicted molar refractivity (Wildman–Crippen MR) is 81.2 cm³/mol. The highest BCUT2D eigenvalue weighted by atomic mass is 32.1. The van der Waals surface area contributed by atoms with Gasteiger partial charge in [0.2, 0.25) is 0 Å². The SMILES string of the molecule is CCOC(=O)c1sc2ncc3c(c2c1N)CC[C@H](C)C3. The minimum atomic E-state index is -0.342. The van der Waals surface area contributed by atoms with Crippen LogP contribution in [0.2, 0.25) is 0 Å². The van der Waals surface area contributed by atoms with Crippen molar-refractivity contribution in [3.8, 4) is 0 Å². The number of ether oxygens (including phenoxy) is 1. The van der Waals surface area contributed by atoms with E-state index in [1.165, 1.54) is 22.5 Å². The number of esters is 1. The summed E-state index contributed by atoms with van der Waals surface area (Å²) in [5.74, 6) is 0.345. The predicted octanol–water partition coefficient (Wildman–Crippen LogP) is 3.18. The number of carbonyl (C=O) groups is 1. The number of carbonyl (C=O) groups excluding carboxylic acids is 1. The van der Waals surface area contributed by atoms with Crippen LogP contribution < -0.4 is 5.73 Å². The molecule has 20 heavy (non-hydrogen) atoms. The molecule has 2 N–H and O–H groups in total. The van der Waals surface area contributed by atoms with Gasteiger partial charge in [-0.2, -0.15) is 0 Å². The van der Waals surface area contributed by atoms with Gasteiger partial charge in [0.1, 0.15) is 9.71 Å². The Morgan fingerprint density at radius 2 is 2.40 bits per heavy atom. The Labute approximate surface area is 122 Å². The number of aromatic nitrogens is 1. The van der Waals surface area contributed by atoms with E-state index in [1.54, 1.807) is 6.92 Å². The molecule has 0 aromatic carbocycles. The number of pyridine rings is 1. The van der Waals surface area contributed by atoms with E-state index in [9.17, 15) is 4.79 Å². The summed E-state index contributed by atoms with van der Waals surface area (Å²) in [7, 11) is 0. The van der Waals surface area contributed by atoms with Crippen molar-refractivity contribution in [1.29, 1.82) is 0 Å². The highest BCUT2D eigenvalue weighted by Gasteiger charge is 2.24. The zero-order chi connectivity index (χ0) is 14.3. The second-order valence-electron chi connectivity index (χ2n) is 5.36. The number of hydrogen-bond acceptors (Lipinski definition) is 5. The summed E-state index contributed by atoms with van der Waals surface area (Å²) in [4.78, 5) is 17.8. The molecule has 0 aliphatic heterocycles. The highest BCUT2D eigenvalue weighted by Crippen LogP contribution is 2.39. The average Bonchev–Trinajstić information content (AvgIpc) is 2.76. The van der Waals surface area contributed by atoms with Crippen molar-refractivity contribution in [2.24, 2.45) is 5.92 Å². The van der Waals surface area contributed by atoms with Crippen LogP contribution in [0.15, 0.2) is 6.20 Å². The Balaban J connectivity index is 2.15. The van der Waals surface area contributed by atoms with E-state index < -0.39 is 0 Å². The summed E-state index contributed by atoms with van der Waals surface area (Å²) in [6.07, 6.45) is 5.16. The van der Waals surface area contributed by atoms with E-state index in [-0.39, 0.29) is 5.97 Å². The lowest BCUT2D eigenvalue weighted by molar-refractivity contribution is 0.0533. The summed E-state index contributed by atoms with van der Waals surface area (Å²) in [6, 6.07) is 0. The van der Waals surface area contributed by atoms with E-state index >= 15 is 0 Å². The number of rotatable bonds is 2. The quantitative estimate of drug-likeness (QED) is 0.863. The molecule has 0 amide bonds. The van der Waals surface area contributed by atoms with Gasteiger partial charge in [0.05, 0.1) is 12.3 Å². The molecule has 1 atom stereocenters. The molecule has 0 saturated heterocycles. The minimum absolute atomic E-state index is 0.342. The van der Waals surface area contributed by atoms with Gasteiger partial charge in [-0.3, -0.25) is 0 Å². The van der Waals surface area contributed by atoms with E-state index in [4.69, 9.17) is 10.5 Å².